The van der Waals surface area contributed by atoms with Crippen molar-refractivity contribution in [3.8, 4) is 11.3 Å². The Morgan fingerprint density at radius 3 is 2.28 bits per heavy atom. The SMILES string of the molecule is O=c1nc2scc(-c3ccc(Cl)cc3)n2nc1Cc1ccc(Cl)cc1. The van der Waals surface area contributed by atoms with Crippen LogP contribution in [0.3, 0.4) is 0 Å². The van der Waals surface area contributed by atoms with E-state index in [1.165, 1.54) is 11.3 Å². The van der Waals surface area contributed by atoms with Crippen LogP contribution in [0.1, 0.15) is 11.3 Å². The van der Waals surface area contributed by atoms with Crippen molar-refractivity contribution in [1.29, 1.82) is 0 Å². The second-order valence-corrected chi connectivity index (χ2v) is 7.20. The highest BCUT2D eigenvalue weighted by Crippen LogP contribution is 2.25. The van der Waals surface area contributed by atoms with E-state index in [1.807, 2.05) is 41.8 Å². The molecule has 0 radical (unpaired) electrons. The molecule has 0 amide bonds. The van der Waals surface area contributed by atoms with Gasteiger partial charge in [0.1, 0.15) is 5.69 Å². The van der Waals surface area contributed by atoms with Crippen LogP contribution in [0.25, 0.3) is 16.2 Å². The Morgan fingerprint density at radius 1 is 0.960 bits per heavy atom. The summed E-state index contributed by atoms with van der Waals surface area (Å²) in [5.41, 5.74) is 2.89. The van der Waals surface area contributed by atoms with Gasteiger partial charge in [0.15, 0.2) is 0 Å². The lowest BCUT2D eigenvalue weighted by molar-refractivity contribution is 0.840. The zero-order valence-corrected chi connectivity index (χ0v) is 15.1. The van der Waals surface area contributed by atoms with Crippen molar-refractivity contribution in [2.75, 3.05) is 0 Å². The van der Waals surface area contributed by atoms with Gasteiger partial charge in [-0.05, 0) is 29.8 Å². The van der Waals surface area contributed by atoms with Gasteiger partial charge in [-0.2, -0.15) is 10.1 Å². The third-order valence-corrected chi connectivity index (χ3v) is 5.10. The fraction of sp³-hybridized carbons (Fsp3) is 0.0556. The minimum atomic E-state index is -0.306. The standard InChI is InChI=1S/C18H11Cl2N3OS/c19-13-5-1-11(2-6-13)9-15-17(24)21-18-23(22-15)16(10-25-18)12-3-7-14(20)8-4-12/h1-8,10H,9H2. The van der Waals surface area contributed by atoms with E-state index in [9.17, 15) is 4.79 Å². The highest BCUT2D eigenvalue weighted by molar-refractivity contribution is 7.15. The van der Waals surface area contributed by atoms with E-state index in [0.717, 1.165) is 16.8 Å². The second-order valence-electron chi connectivity index (χ2n) is 5.49. The molecule has 0 atom stereocenters. The maximum Gasteiger partial charge on any atom is 0.296 e. The number of rotatable bonds is 3. The molecule has 0 aliphatic rings. The zero-order chi connectivity index (χ0) is 17.4. The minimum Gasteiger partial charge on any atom is -0.265 e. The van der Waals surface area contributed by atoms with Crippen LogP contribution in [0.2, 0.25) is 10.0 Å². The van der Waals surface area contributed by atoms with Gasteiger partial charge in [-0.3, -0.25) is 4.79 Å². The number of aromatic nitrogens is 3. The summed E-state index contributed by atoms with van der Waals surface area (Å²) in [5.74, 6) is 0. The van der Waals surface area contributed by atoms with Crippen LogP contribution in [-0.2, 0) is 6.42 Å². The van der Waals surface area contributed by atoms with Crippen molar-refractivity contribution >= 4 is 39.5 Å². The summed E-state index contributed by atoms with van der Waals surface area (Å²) in [5, 5.41) is 7.80. The van der Waals surface area contributed by atoms with E-state index >= 15 is 0 Å². The van der Waals surface area contributed by atoms with Gasteiger partial charge in [0.05, 0.1) is 5.69 Å². The average Bonchev–Trinajstić information content (AvgIpc) is 3.00. The number of hydrogen-bond acceptors (Lipinski definition) is 4. The highest BCUT2D eigenvalue weighted by atomic mass is 35.5. The van der Waals surface area contributed by atoms with Crippen molar-refractivity contribution in [1.82, 2.24) is 14.6 Å². The van der Waals surface area contributed by atoms with Crippen molar-refractivity contribution in [3.05, 3.63) is 85.6 Å². The molecule has 0 N–H and O–H groups in total. The molecule has 25 heavy (non-hydrogen) atoms. The first kappa shape index (κ1) is 16.3. The lowest BCUT2D eigenvalue weighted by atomic mass is 10.1. The van der Waals surface area contributed by atoms with Crippen LogP contribution in [0.5, 0.6) is 0 Å². The molecule has 2 heterocycles. The predicted octanol–water partition coefficient (Wildman–Crippen LogP) is 4.72. The van der Waals surface area contributed by atoms with Gasteiger partial charge in [-0.25, -0.2) is 4.52 Å². The fourth-order valence-corrected chi connectivity index (χ4v) is 3.59. The number of fused-ring (bicyclic) bond motifs is 1. The molecular weight excluding hydrogens is 377 g/mol. The molecule has 0 aliphatic carbocycles. The molecule has 0 unspecified atom stereocenters. The molecule has 2 aromatic carbocycles. The molecule has 0 bridgehead atoms. The van der Waals surface area contributed by atoms with Gasteiger partial charge in [0, 0.05) is 27.4 Å². The summed E-state index contributed by atoms with van der Waals surface area (Å²) in [4.78, 5) is 17.0. The van der Waals surface area contributed by atoms with Crippen LogP contribution >= 0.6 is 34.5 Å². The first-order chi connectivity index (χ1) is 12.1. The molecule has 0 aliphatic heterocycles. The Balaban J connectivity index is 1.79. The van der Waals surface area contributed by atoms with E-state index in [-0.39, 0.29) is 5.56 Å². The van der Waals surface area contributed by atoms with E-state index in [1.54, 1.807) is 16.6 Å². The summed E-state index contributed by atoms with van der Waals surface area (Å²) in [7, 11) is 0. The predicted molar refractivity (Wildman–Crippen MR) is 102 cm³/mol. The molecule has 0 spiro atoms. The monoisotopic (exact) mass is 387 g/mol. The smallest absolute Gasteiger partial charge is 0.265 e. The molecule has 7 heteroatoms. The largest absolute Gasteiger partial charge is 0.296 e. The summed E-state index contributed by atoms with van der Waals surface area (Å²) in [6.45, 7) is 0. The maximum atomic E-state index is 12.3. The molecule has 0 saturated carbocycles. The Bertz CT molecular complexity index is 1100. The van der Waals surface area contributed by atoms with Gasteiger partial charge in [0.2, 0.25) is 4.96 Å². The van der Waals surface area contributed by atoms with Crippen molar-refractivity contribution in [2.45, 2.75) is 6.42 Å². The normalized spacial score (nSPS) is 11.1. The minimum absolute atomic E-state index is 0.306. The summed E-state index contributed by atoms with van der Waals surface area (Å²) >= 11 is 13.2. The van der Waals surface area contributed by atoms with Gasteiger partial charge in [0.25, 0.3) is 5.56 Å². The number of benzene rings is 2. The third kappa shape index (κ3) is 3.31. The second kappa shape index (κ2) is 6.59. The fourth-order valence-electron chi connectivity index (χ4n) is 2.51. The van der Waals surface area contributed by atoms with E-state index in [0.29, 0.717) is 27.1 Å². The van der Waals surface area contributed by atoms with Crippen molar-refractivity contribution < 1.29 is 0 Å². The molecule has 2 aromatic heterocycles. The van der Waals surface area contributed by atoms with Gasteiger partial charge < -0.3 is 0 Å². The van der Waals surface area contributed by atoms with Crippen LogP contribution in [0.15, 0.2) is 58.7 Å². The van der Waals surface area contributed by atoms with Crippen LogP contribution in [0, 0.1) is 0 Å². The molecule has 0 fully saturated rings. The van der Waals surface area contributed by atoms with E-state index in [2.05, 4.69) is 10.1 Å². The van der Waals surface area contributed by atoms with Crippen LogP contribution in [0.4, 0.5) is 0 Å². The molecular formula is C18H11Cl2N3OS. The Hall–Kier alpha value is -2.21. The van der Waals surface area contributed by atoms with Gasteiger partial charge in [-0.1, -0.05) is 47.5 Å². The topological polar surface area (TPSA) is 47.3 Å². The number of thiazole rings is 1. The van der Waals surface area contributed by atoms with Crippen LogP contribution < -0.4 is 5.56 Å². The Morgan fingerprint density at radius 2 is 1.60 bits per heavy atom. The lowest BCUT2D eigenvalue weighted by Crippen LogP contribution is -2.18. The maximum absolute atomic E-state index is 12.3. The van der Waals surface area contributed by atoms with E-state index < -0.39 is 0 Å². The number of nitrogens with zero attached hydrogens (tertiary/aromatic N) is 3. The summed E-state index contributed by atoms with van der Waals surface area (Å²) in [6.07, 6.45) is 0.405. The Labute approximate surface area is 157 Å². The van der Waals surface area contributed by atoms with Crippen molar-refractivity contribution in [3.63, 3.8) is 0 Å². The number of halogens is 2. The van der Waals surface area contributed by atoms with E-state index in [4.69, 9.17) is 23.2 Å². The first-order valence-electron chi connectivity index (χ1n) is 7.48. The third-order valence-electron chi connectivity index (χ3n) is 3.77. The molecule has 4 rings (SSSR count). The average molecular weight is 388 g/mol. The summed E-state index contributed by atoms with van der Waals surface area (Å²) in [6, 6.07) is 14.8. The lowest BCUT2D eigenvalue weighted by Gasteiger charge is -2.04. The molecule has 0 saturated heterocycles. The van der Waals surface area contributed by atoms with Gasteiger partial charge >= 0.3 is 0 Å². The zero-order valence-electron chi connectivity index (χ0n) is 12.8. The first-order valence-corrected chi connectivity index (χ1v) is 9.11. The highest BCUT2D eigenvalue weighted by Gasteiger charge is 2.12. The van der Waals surface area contributed by atoms with Gasteiger partial charge in [-0.15, -0.1) is 11.3 Å². The molecule has 124 valence electrons. The van der Waals surface area contributed by atoms with Crippen molar-refractivity contribution in [2.24, 2.45) is 0 Å². The quantitative estimate of drug-likeness (QED) is 0.511. The molecule has 4 aromatic rings. The Kier molecular flexibility index (Phi) is 4.29. The summed E-state index contributed by atoms with van der Waals surface area (Å²) < 4.78 is 1.71. The number of hydrogen-bond donors (Lipinski definition) is 0. The molecule has 4 nitrogen and oxygen atoms in total. The van der Waals surface area contributed by atoms with Crippen LogP contribution in [-0.4, -0.2) is 14.6 Å².